The molecule has 0 radical (unpaired) electrons. The van der Waals surface area contributed by atoms with Crippen LogP contribution in [0.15, 0.2) is 24.3 Å². The molecular weight excluding hydrogens is 256 g/mol. The molecule has 0 saturated carbocycles. The minimum atomic E-state index is -0.774. The molecule has 1 atom stereocenters. The lowest BCUT2D eigenvalue weighted by Crippen LogP contribution is -2.43. The van der Waals surface area contributed by atoms with Crippen molar-refractivity contribution in [1.29, 1.82) is 0 Å². The summed E-state index contributed by atoms with van der Waals surface area (Å²) >= 11 is 5.70. The number of hydrogen-bond donors (Lipinski definition) is 3. The van der Waals surface area contributed by atoms with E-state index in [2.05, 4.69) is 10.6 Å². The van der Waals surface area contributed by atoms with Crippen molar-refractivity contribution in [3.63, 3.8) is 0 Å². The van der Waals surface area contributed by atoms with E-state index < -0.39 is 17.9 Å². The number of anilines is 1. The zero-order valence-electron chi connectivity index (χ0n) is 9.94. The van der Waals surface area contributed by atoms with E-state index in [-0.39, 0.29) is 6.61 Å². The molecule has 1 aromatic rings. The summed E-state index contributed by atoms with van der Waals surface area (Å²) in [5.41, 5.74) is 0.483. The van der Waals surface area contributed by atoms with E-state index in [9.17, 15) is 9.59 Å². The van der Waals surface area contributed by atoms with Crippen LogP contribution in [0.2, 0.25) is 5.02 Å². The van der Waals surface area contributed by atoms with Crippen molar-refractivity contribution in [2.45, 2.75) is 19.4 Å². The predicted octanol–water partition coefficient (Wildman–Crippen LogP) is 1.17. The Morgan fingerprint density at radius 1 is 1.28 bits per heavy atom. The molecule has 5 nitrogen and oxygen atoms in total. The Kier molecular flexibility index (Phi) is 5.61. The van der Waals surface area contributed by atoms with E-state index in [4.69, 9.17) is 16.7 Å². The van der Waals surface area contributed by atoms with Crippen molar-refractivity contribution in [1.82, 2.24) is 5.32 Å². The lowest BCUT2D eigenvalue weighted by atomic mass is 10.2. The molecule has 2 amide bonds. The average Bonchev–Trinajstić information content (AvgIpc) is 2.38. The number of carbonyl (C=O) groups is 2. The van der Waals surface area contributed by atoms with Crippen molar-refractivity contribution < 1.29 is 14.7 Å². The molecule has 0 saturated heterocycles. The van der Waals surface area contributed by atoms with Gasteiger partial charge in [0, 0.05) is 10.7 Å². The zero-order chi connectivity index (χ0) is 13.5. The Balaban J connectivity index is 2.54. The van der Waals surface area contributed by atoms with E-state index in [1.165, 1.54) is 0 Å². The van der Waals surface area contributed by atoms with E-state index in [1.54, 1.807) is 31.2 Å². The summed E-state index contributed by atoms with van der Waals surface area (Å²) < 4.78 is 0. The van der Waals surface area contributed by atoms with Crippen molar-refractivity contribution >= 4 is 29.1 Å². The molecule has 6 heteroatoms. The SMILES string of the molecule is CC[C@@H](CO)NC(=O)C(=O)Nc1ccc(Cl)cc1. The highest BCUT2D eigenvalue weighted by molar-refractivity contribution is 6.39. The molecule has 98 valence electrons. The zero-order valence-corrected chi connectivity index (χ0v) is 10.7. The van der Waals surface area contributed by atoms with Crippen LogP contribution in [0.5, 0.6) is 0 Å². The maximum Gasteiger partial charge on any atom is 0.313 e. The van der Waals surface area contributed by atoms with Gasteiger partial charge in [-0.05, 0) is 30.7 Å². The Hall–Kier alpha value is -1.59. The van der Waals surface area contributed by atoms with E-state index in [0.29, 0.717) is 17.1 Å². The molecule has 0 aliphatic carbocycles. The summed E-state index contributed by atoms with van der Waals surface area (Å²) in [6, 6.07) is 6.00. The van der Waals surface area contributed by atoms with Crippen molar-refractivity contribution in [2.75, 3.05) is 11.9 Å². The van der Waals surface area contributed by atoms with Crippen molar-refractivity contribution in [3.05, 3.63) is 29.3 Å². The molecular formula is C12H15ClN2O3. The van der Waals surface area contributed by atoms with Crippen LogP contribution < -0.4 is 10.6 Å². The topological polar surface area (TPSA) is 78.4 Å². The molecule has 0 fully saturated rings. The first-order valence-electron chi connectivity index (χ1n) is 5.55. The van der Waals surface area contributed by atoms with Gasteiger partial charge in [-0.1, -0.05) is 18.5 Å². The summed E-state index contributed by atoms with van der Waals surface area (Å²) in [5, 5.41) is 14.3. The molecule has 1 aromatic carbocycles. The third-order valence-corrected chi connectivity index (χ3v) is 2.61. The van der Waals surface area contributed by atoms with Gasteiger partial charge in [-0.25, -0.2) is 0 Å². The van der Waals surface area contributed by atoms with Gasteiger partial charge in [0.05, 0.1) is 12.6 Å². The van der Waals surface area contributed by atoms with Crippen LogP contribution in [-0.4, -0.2) is 29.6 Å². The number of benzene rings is 1. The van der Waals surface area contributed by atoms with Gasteiger partial charge in [0.15, 0.2) is 0 Å². The maximum absolute atomic E-state index is 11.5. The average molecular weight is 271 g/mol. The number of halogens is 1. The molecule has 0 aliphatic rings. The van der Waals surface area contributed by atoms with E-state index in [1.807, 2.05) is 0 Å². The highest BCUT2D eigenvalue weighted by Gasteiger charge is 2.17. The van der Waals surface area contributed by atoms with Crippen LogP contribution in [-0.2, 0) is 9.59 Å². The predicted molar refractivity (Wildman–Crippen MR) is 69.4 cm³/mol. The van der Waals surface area contributed by atoms with Crippen molar-refractivity contribution in [3.8, 4) is 0 Å². The number of hydrogen-bond acceptors (Lipinski definition) is 3. The van der Waals surface area contributed by atoms with Gasteiger partial charge in [0.25, 0.3) is 0 Å². The summed E-state index contributed by atoms with van der Waals surface area (Å²) in [6.07, 6.45) is 0.552. The van der Waals surface area contributed by atoms with E-state index in [0.717, 1.165) is 0 Å². The highest BCUT2D eigenvalue weighted by atomic mass is 35.5. The van der Waals surface area contributed by atoms with Gasteiger partial charge in [-0.2, -0.15) is 0 Å². The first-order chi connectivity index (χ1) is 8.56. The molecule has 3 N–H and O–H groups in total. The number of aliphatic hydroxyl groups excluding tert-OH is 1. The van der Waals surface area contributed by atoms with Crippen LogP contribution in [0.3, 0.4) is 0 Å². The summed E-state index contributed by atoms with van der Waals surface area (Å²) in [5.74, 6) is -1.55. The molecule has 0 bridgehead atoms. The third kappa shape index (κ3) is 4.35. The number of carbonyl (C=O) groups excluding carboxylic acids is 2. The number of amides is 2. The Morgan fingerprint density at radius 3 is 2.39 bits per heavy atom. The minimum Gasteiger partial charge on any atom is -0.394 e. The number of aliphatic hydroxyl groups is 1. The first-order valence-corrected chi connectivity index (χ1v) is 5.93. The Labute approximate surface area is 110 Å². The molecule has 0 unspecified atom stereocenters. The van der Waals surface area contributed by atoms with Gasteiger partial charge >= 0.3 is 11.8 Å². The Bertz CT molecular complexity index is 416. The van der Waals surface area contributed by atoms with E-state index >= 15 is 0 Å². The Morgan fingerprint density at radius 2 is 1.89 bits per heavy atom. The fourth-order valence-corrected chi connectivity index (χ4v) is 1.37. The van der Waals surface area contributed by atoms with Gasteiger partial charge < -0.3 is 15.7 Å². The molecule has 0 aliphatic heterocycles. The fourth-order valence-electron chi connectivity index (χ4n) is 1.25. The van der Waals surface area contributed by atoms with Gasteiger partial charge in [-0.15, -0.1) is 0 Å². The smallest absolute Gasteiger partial charge is 0.313 e. The molecule has 0 aromatic heterocycles. The highest BCUT2D eigenvalue weighted by Crippen LogP contribution is 2.13. The van der Waals surface area contributed by atoms with Crippen LogP contribution in [0, 0.1) is 0 Å². The molecule has 0 heterocycles. The quantitative estimate of drug-likeness (QED) is 0.719. The second-order valence-electron chi connectivity index (χ2n) is 3.72. The molecule has 18 heavy (non-hydrogen) atoms. The number of nitrogens with one attached hydrogen (secondary N) is 2. The second kappa shape index (κ2) is 6.98. The van der Waals surface area contributed by atoms with Crippen LogP contribution in [0.4, 0.5) is 5.69 Å². The summed E-state index contributed by atoms with van der Waals surface area (Å²) in [6.45, 7) is 1.61. The minimum absolute atomic E-state index is 0.198. The van der Waals surface area contributed by atoms with Crippen molar-refractivity contribution in [2.24, 2.45) is 0 Å². The summed E-state index contributed by atoms with van der Waals surface area (Å²) in [4.78, 5) is 23.0. The van der Waals surface area contributed by atoms with Gasteiger partial charge in [0.1, 0.15) is 0 Å². The maximum atomic E-state index is 11.5. The monoisotopic (exact) mass is 270 g/mol. The lowest BCUT2D eigenvalue weighted by molar-refractivity contribution is -0.136. The lowest BCUT2D eigenvalue weighted by Gasteiger charge is -2.13. The molecule has 0 spiro atoms. The van der Waals surface area contributed by atoms with Crippen LogP contribution in [0.25, 0.3) is 0 Å². The third-order valence-electron chi connectivity index (χ3n) is 2.36. The fraction of sp³-hybridized carbons (Fsp3) is 0.333. The van der Waals surface area contributed by atoms with Gasteiger partial charge in [-0.3, -0.25) is 9.59 Å². The largest absolute Gasteiger partial charge is 0.394 e. The normalized spacial score (nSPS) is 11.7. The number of rotatable bonds is 4. The summed E-state index contributed by atoms with van der Waals surface area (Å²) in [7, 11) is 0. The van der Waals surface area contributed by atoms with Crippen LogP contribution >= 0.6 is 11.6 Å². The van der Waals surface area contributed by atoms with Crippen LogP contribution in [0.1, 0.15) is 13.3 Å². The molecule has 1 rings (SSSR count). The second-order valence-corrected chi connectivity index (χ2v) is 4.16. The standard InChI is InChI=1S/C12H15ClN2O3/c1-2-9(7-16)14-11(17)12(18)15-10-5-3-8(13)4-6-10/h3-6,9,16H,2,7H2,1H3,(H,14,17)(H,15,18)/t9-/m0/s1. The first kappa shape index (κ1) is 14.5. The van der Waals surface area contributed by atoms with Gasteiger partial charge in [0.2, 0.25) is 0 Å².